The van der Waals surface area contributed by atoms with Gasteiger partial charge in [-0.2, -0.15) is 0 Å². The van der Waals surface area contributed by atoms with Crippen LogP contribution in [0, 0.1) is 0 Å². The predicted octanol–water partition coefficient (Wildman–Crippen LogP) is 5.44. The van der Waals surface area contributed by atoms with Crippen LogP contribution in [0.25, 0.3) is 5.76 Å². The van der Waals surface area contributed by atoms with Crippen LogP contribution in [0.2, 0.25) is 10.0 Å². The van der Waals surface area contributed by atoms with Crippen molar-refractivity contribution in [2.45, 2.75) is 6.54 Å². The fraction of sp³-hybridized carbons (Fsp3) is 0.200. The van der Waals surface area contributed by atoms with Gasteiger partial charge in [0.15, 0.2) is 17.3 Å². The molecule has 8 heteroatoms. The zero-order valence-electron chi connectivity index (χ0n) is 15.4. The molecule has 1 aliphatic carbocycles. The summed E-state index contributed by atoms with van der Waals surface area (Å²) in [6.45, 7) is 0.182. The number of hydrogen-bond acceptors (Lipinski definition) is 6. The molecule has 0 saturated heterocycles. The SMILES string of the molecule is COc1cc2c(cc1OC)C(O)=C(C(=NCc1c(Cl)cccc1Cl)SC)C2=O. The number of fused-ring (bicyclic) bond motifs is 1. The average molecular weight is 438 g/mol. The Labute approximate surface area is 177 Å². The van der Waals surface area contributed by atoms with E-state index in [9.17, 15) is 9.90 Å². The van der Waals surface area contributed by atoms with E-state index in [4.69, 9.17) is 32.7 Å². The number of rotatable bonds is 5. The molecule has 0 bridgehead atoms. The Hall–Kier alpha value is -2.15. The lowest BCUT2D eigenvalue weighted by molar-refractivity contribution is 0.104. The molecule has 1 aliphatic rings. The van der Waals surface area contributed by atoms with Crippen molar-refractivity contribution in [2.75, 3.05) is 20.5 Å². The lowest BCUT2D eigenvalue weighted by Gasteiger charge is -2.09. The highest BCUT2D eigenvalue weighted by Gasteiger charge is 2.34. The maximum Gasteiger partial charge on any atom is 0.200 e. The quantitative estimate of drug-likeness (QED) is 0.498. The molecule has 146 valence electrons. The number of aliphatic hydroxyl groups is 1. The number of aliphatic hydroxyl groups excluding tert-OH is 1. The molecular weight excluding hydrogens is 421 g/mol. The van der Waals surface area contributed by atoms with E-state index < -0.39 is 0 Å². The molecule has 0 aliphatic heterocycles. The van der Waals surface area contributed by atoms with Crippen molar-refractivity contribution in [3.8, 4) is 11.5 Å². The highest BCUT2D eigenvalue weighted by atomic mass is 35.5. The second-order valence-corrected chi connectivity index (χ2v) is 7.44. The number of carbonyl (C=O) groups is 1. The average Bonchev–Trinajstić information content (AvgIpc) is 2.93. The third-order valence-corrected chi connectivity index (χ3v) is 5.77. The maximum atomic E-state index is 13.0. The number of halogens is 2. The number of thioether (sulfide) groups is 1. The fourth-order valence-corrected chi connectivity index (χ4v) is 4.02. The Morgan fingerprint density at radius 2 is 1.68 bits per heavy atom. The van der Waals surface area contributed by atoms with E-state index >= 15 is 0 Å². The van der Waals surface area contributed by atoms with Crippen molar-refractivity contribution in [1.29, 1.82) is 0 Å². The summed E-state index contributed by atoms with van der Waals surface area (Å²) < 4.78 is 10.5. The minimum Gasteiger partial charge on any atom is -0.506 e. The summed E-state index contributed by atoms with van der Waals surface area (Å²) in [6.07, 6.45) is 1.78. The topological polar surface area (TPSA) is 68.1 Å². The molecule has 1 N–H and O–H groups in total. The van der Waals surface area contributed by atoms with Crippen LogP contribution < -0.4 is 9.47 Å². The van der Waals surface area contributed by atoms with Crippen LogP contribution in [0.1, 0.15) is 21.5 Å². The van der Waals surface area contributed by atoms with Gasteiger partial charge in [0.05, 0.1) is 26.3 Å². The molecule has 0 unspecified atom stereocenters. The lowest BCUT2D eigenvalue weighted by atomic mass is 10.1. The number of carbonyl (C=O) groups excluding carboxylic acids is 1. The van der Waals surface area contributed by atoms with Crippen LogP contribution in [0.4, 0.5) is 0 Å². The number of ether oxygens (including phenoxy) is 2. The minimum absolute atomic E-state index is 0.140. The summed E-state index contributed by atoms with van der Waals surface area (Å²) in [7, 11) is 2.98. The van der Waals surface area contributed by atoms with E-state index in [1.54, 1.807) is 36.6 Å². The zero-order valence-corrected chi connectivity index (χ0v) is 17.7. The van der Waals surface area contributed by atoms with Crippen LogP contribution >= 0.6 is 35.0 Å². The fourth-order valence-electron chi connectivity index (χ4n) is 2.92. The molecule has 2 aromatic carbocycles. The van der Waals surface area contributed by atoms with Gasteiger partial charge in [0, 0.05) is 26.7 Å². The first-order valence-corrected chi connectivity index (χ1v) is 10.2. The van der Waals surface area contributed by atoms with Crippen LogP contribution in [0.3, 0.4) is 0 Å². The second kappa shape index (κ2) is 8.47. The highest BCUT2D eigenvalue weighted by Crippen LogP contribution is 2.40. The van der Waals surface area contributed by atoms with Gasteiger partial charge in [-0.3, -0.25) is 9.79 Å². The van der Waals surface area contributed by atoms with E-state index in [0.717, 1.165) is 0 Å². The van der Waals surface area contributed by atoms with Crippen molar-refractivity contribution >= 4 is 51.5 Å². The summed E-state index contributed by atoms with van der Waals surface area (Å²) in [6, 6.07) is 8.34. The van der Waals surface area contributed by atoms with Crippen molar-refractivity contribution in [3.05, 3.63) is 62.6 Å². The second-order valence-electron chi connectivity index (χ2n) is 5.83. The maximum absolute atomic E-state index is 13.0. The standard InChI is InChI=1S/C20H17Cl2NO4S/c1-26-15-7-10-11(8-16(15)27-2)19(25)17(18(10)24)20(28-3)23-9-12-13(21)5-4-6-14(12)22/h4-8,24H,9H2,1-3H3. The Morgan fingerprint density at radius 1 is 1.11 bits per heavy atom. The normalized spacial score (nSPS) is 13.8. The first-order chi connectivity index (χ1) is 13.4. The highest BCUT2D eigenvalue weighted by molar-refractivity contribution is 8.14. The molecular formula is C20H17Cl2NO4S. The molecule has 5 nitrogen and oxygen atoms in total. The number of hydrogen-bond donors (Lipinski definition) is 1. The van der Waals surface area contributed by atoms with Crippen LogP contribution in [-0.2, 0) is 6.54 Å². The number of benzene rings is 2. The van der Waals surface area contributed by atoms with Gasteiger partial charge in [0.2, 0.25) is 0 Å². The van der Waals surface area contributed by atoms with Gasteiger partial charge in [0.25, 0.3) is 0 Å². The largest absolute Gasteiger partial charge is 0.506 e. The Morgan fingerprint density at radius 3 is 2.21 bits per heavy atom. The third-order valence-electron chi connectivity index (χ3n) is 4.34. The first-order valence-electron chi connectivity index (χ1n) is 8.18. The third kappa shape index (κ3) is 3.60. The number of methoxy groups -OCH3 is 2. The molecule has 0 amide bonds. The van der Waals surface area contributed by atoms with Gasteiger partial charge in [0.1, 0.15) is 10.8 Å². The molecule has 0 heterocycles. The van der Waals surface area contributed by atoms with Crippen molar-refractivity contribution in [2.24, 2.45) is 4.99 Å². The molecule has 28 heavy (non-hydrogen) atoms. The van der Waals surface area contributed by atoms with Crippen LogP contribution in [0.5, 0.6) is 11.5 Å². The monoisotopic (exact) mass is 437 g/mol. The van der Waals surface area contributed by atoms with Gasteiger partial charge in [-0.1, -0.05) is 29.3 Å². The first kappa shape index (κ1) is 20.6. The zero-order chi connectivity index (χ0) is 20.4. The predicted molar refractivity (Wildman–Crippen MR) is 115 cm³/mol. The molecule has 0 atom stereocenters. The number of aliphatic imine (C=N–C) groups is 1. The van der Waals surface area contributed by atoms with Gasteiger partial charge in [-0.15, -0.1) is 11.8 Å². The van der Waals surface area contributed by atoms with E-state index in [2.05, 4.69) is 4.99 Å². The number of nitrogens with zero attached hydrogens (tertiary/aromatic N) is 1. The Bertz CT molecular complexity index is 997. The minimum atomic E-state index is -0.327. The van der Waals surface area contributed by atoms with Gasteiger partial charge >= 0.3 is 0 Å². The van der Waals surface area contributed by atoms with E-state index in [-0.39, 0.29) is 23.7 Å². The molecule has 0 saturated carbocycles. The molecule has 0 radical (unpaired) electrons. The smallest absolute Gasteiger partial charge is 0.200 e. The summed E-state index contributed by atoms with van der Waals surface area (Å²) in [5.74, 6) is 0.368. The van der Waals surface area contributed by atoms with Crippen LogP contribution in [0.15, 0.2) is 40.9 Å². The molecule has 0 aromatic heterocycles. The number of Topliss-reactive ketones (excluding diaryl/α,β-unsaturated/α-hetero) is 1. The van der Waals surface area contributed by atoms with Gasteiger partial charge in [-0.25, -0.2) is 0 Å². The Balaban J connectivity index is 2.03. The number of ketones is 1. The summed E-state index contributed by atoms with van der Waals surface area (Å²) >= 11 is 13.7. The van der Waals surface area contributed by atoms with Crippen molar-refractivity contribution < 1.29 is 19.4 Å². The van der Waals surface area contributed by atoms with Gasteiger partial charge < -0.3 is 14.6 Å². The summed E-state index contributed by atoms with van der Waals surface area (Å²) in [5.41, 5.74) is 1.52. The summed E-state index contributed by atoms with van der Waals surface area (Å²) in [5, 5.41) is 12.1. The van der Waals surface area contributed by atoms with Crippen molar-refractivity contribution in [1.82, 2.24) is 0 Å². The molecule has 3 rings (SSSR count). The van der Waals surface area contributed by atoms with Crippen LogP contribution in [-0.4, -0.2) is 36.4 Å². The molecule has 0 spiro atoms. The van der Waals surface area contributed by atoms with E-state index in [0.29, 0.717) is 43.3 Å². The Kier molecular flexibility index (Phi) is 6.23. The molecule has 0 fully saturated rings. The summed E-state index contributed by atoms with van der Waals surface area (Å²) in [4.78, 5) is 17.5. The van der Waals surface area contributed by atoms with Crippen molar-refractivity contribution in [3.63, 3.8) is 0 Å². The van der Waals surface area contributed by atoms with Gasteiger partial charge in [-0.05, 0) is 30.5 Å². The lowest BCUT2D eigenvalue weighted by Crippen LogP contribution is -2.08. The molecule has 2 aromatic rings. The van der Waals surface area contributed by atoms with E-state index in [1.807, 2.05) is 0 Å². The van der Waals surface area contributed by atoms with E-state index in [1.165, 1.54) is 26.0 Å².